The molecule has 0 aliphatic carbocycles. The summed E-state index contributed by atoms with van der Waals surface area (Å²) in [6.45, 7) is 4.16. The molecule has 0 aliphatic heterocycles. The number of nitrogens with one attached hydrogen (secondary N) is 1. The first-order chi connectivity index (χ1) is 8.63. The number of halogens is 1. The molecule has 1 atom stereocenters. The Morgan fingerprint density at radius 1 is 1.22 bits per heavy atom. The van der Waals surface area contributed by atoms with E-state index in [1.807, 2.05) is 12.1 Å². The van der Waals surface area contributed by atoms with Gasteiger partial charge in [-0.05, 0) is 42.7 Å². The molecular weight excluding hydrogens is 246 g/mol. The van der Waals surface area contributed by atoms with E-state index in [1.165, 1.54) is 11.1 Å². The third kappa shape index (κ3) is 2.53. The van der Waals surface area contributed by atoms with Crippen LogP contribution < -0.4 is 11.3 Å². The van der Waals surface area contributed by atoms with Gasteiger partial charge >= 0.3 is 0 Å². The number of hydrogen-bond donors (Lipinski definition) is 2. The Morgan fingerprint density at radius 3 is 2.61 bits per heavy atom. The molecule has 1 aromatic heterocycles. The van der Waals surface area contributed by atoms with Gasteiger partial charge in [0.25, 0.3) is 0 Å². The van der Waals surface area contributed by atoms with Crippen LogP contribution in [-0.2, 0) is 0 Å². The van der Waals surface area contributed by atoms with Crippen LogP contribution in [0.25, 0.3) is 0 Å². The number of benzene rings is 1. The van der Waals surface area contributed by atoms with E-state index >= 15 is 0 Å². The van der Waals surface area contributed by atoms with E-state index < -0.39 is 0 Å². The number of hydrazine groups is 1. The molecule has 0 saturated carbocycles. The van der Waals surface area contributed by atoms with Crippen LogP contribution >= 0.6 is 11.6 Å². The van der Waals surface area contributed by atoms with Crippen LogP contribution in [0.5, 0.6) is 0 Å². The lowest BCUT2D eigenvalue weighted by atomic mass is 9.99. The van der Waals surface area contributed by atoms with Crippen LogP contribution in [0.2, 0.25) is 5.02 Å². The van der Waals surface area contributed by atoms with Crippen molar-refractivity contribution in [2.45, 2.75) is 19.9 Å². The number of hydrogen-bond acceptors (Lipinski definition) is 3. The zero-order valence-corrected chi connectivity index (χ0v) is 11.2. The van der Waals surface area contributed by atoms with E-state index in [-0.39, 0.29) is 6.04 Å². The first kappa shape index (κ1) is 13.0. The standard InChI is InChI=1S/C14H16ClN3/c1-9-5-6-11(8-10(9)2)13(18-16)14-12(15)4-3-7-17-14/h3-8,13,18H,16H2,1-2H3. The summed E-state index contributed by atoms with van der Waals surface area (Å²) < 4.78 is 0. The number of aryl methyl sites for hydroxylation is 2. The molecule has 0 bridgehead atoms. The maximum Gasteiger partial charge on any atom is 0.0896 e. The molecule has 2 rings (SSSR count). The van der Waals surface area contributed by atoms with Crippen molar-refractivity contribution in [3.8, 4) is 0 Å². The van der Waals surface area contributed by atoms with Gasteiger partial charge in [-0.15, -0.1) is 0 Å². The molecular formula is C14H16ClN3. The molecule has 0 radical (unpaired) electrons. The van der Waals surface area contributed by atoms with Crippen molar-refractivity contribution in [2.75, 3.05) is 0 Å². The Balaban J connectivity index is 2.45. The number of nitrogens with two attached hydrogens (primary N) is 1. The summed E-state index contributed by atoms with van der Waals surface area (Å²) >= 11 is 6.16. The van der Waals surface area contributed by atoms with Gasteiger partial charge in [0, 0.05) is 6.20 Å². The second kappa shape index (κ2) is 5.48. The Kier molecular flexibility index (Phi) is 3.97. The van der Waals surface area contributed by atoms with Crippen molar-refractivity contribution >= 4 is 11.6 Å². The lowest BCUT2D eigenvalue weighted by molar-refractivity contribution is 0.620. The van der Waals surface area contributed by atoms with Crippen LogP contribution in [0.1, 0.15) is 28.4 Å². The van der Waals surface area contributed by atoms with E-state index in [4.69, 9.17) is 17.4 Å². The molecule has 4 heteroatoms. The van der Waals surface area contributed by atoms with Crippen LogP contribution in [-0.4, -0.2) is 4.98 Å². The topological polar surface area (TPSA) is 50.9 Å². The zero-order valence-electron chi connectivity index (χ0n) is 10.4. The molecule has 3 N–H and O–H groups in total. The monoisotopic (exact) mass is 261 g/mol. The summed E-state index contributed by atoms with van der Waals surface area (Å²) in [5.41, 5.74) is 7.05. The van der Waals surface area contributed by atoms with Gasteiger partial charge in [-0.3, -0.25) is 10.8 Å². The molecule has 1 unspecified atom stereocenters. The van der Waals surface area contributed by atoms with Gasteiger partial charge < -0.3 is 0 Å². The lowest BCUT2D eigenvalue weighted by Crippen LogP contribution is -2.29. The van der Waals surface area contributed by atoms with Crippen molar-refractivity contribution in [3.63, 3.8) is 0 Å². The Morgan fingerprint density at radius 2 is 2.00 bits per heavy atom. The molecule has 1 heterocycles. The van der Waals surface area contributed by atoms with Crippen LogP contribution in [0.3, 0.4) is 0 Å². The van der Waals surface area contributed by atoms with Crippen molar-refractivity contribution in [2.24, 2.45) is 5.84 Å². The van der Waals surface area contributed by atoms with Gasteiger partial charge in [0.2, 0.25) is 0 Å². The van der Waals surface area contributed by atoms with Crippen molar-refractivity contribution < 1.29 is 0 Å². The van der Waals surface area contributed by atoms with Gasteiger partial charge in [-0.2, -0.15) is 0 Å². The summed E-state index contributed by atoms with van der Waals surface area (Å²) in [5.74, 6) is 5.65. The Labute approximate surface area is 112 Å². The van der Waals surface area contributed by atoms with Crippen LogP contribution in [0, 0.1) is 13.8 Å². The summed E-state index contributed by atoms with van der Waals surface area (Å²) in [5, 5.41) is 0.610. The summed E-state index contributed by atoms with van der Waals surface area (Å²) in [7, 11) is 0. The van der Waals surface area contributed by atoms with Gasteiger partial charge in [0.15, 0.2) is 0 Å². The molecule has 0 amide bonds. The van der Waals surface area contributed by atoms with E-state index in [0.717, 1.165) is 11.3 Å². The largest absolute Gasteiger partial charge is 0.271 e. The maximum atomic E-state index is 6.16. The number of aromatic nitrogens is 1. The second-order valence-electron chi connectivity index (χ2n) is 4.31. The fourth-order valence-corrected chi connectivity index (χ4v) is 2.12. The molecule has 0 spiro atoms. The van der Waals surface area contributed by atoms with Crippen molar-refractivity contribution in [1.82, 2.24) is 10.4 Å². The number of rotatable bonds is 3. The molecule has 18 heavy (non-hydrogen) atoms. The first-order valence-electron chi connectivity index (χ1n) is 5.77. The molecule has 3 nitrogen and oxygen atoms in total. The second-order valence-corrected chi connectivity index (χ2v) is 4.72. The summed E-state index contributed by atoms with van der Waals surface area (Å²) in [4.78, 5) is 4.30. The average Bonchev–Trinajstić information content (AvgIpc) is 2.37. The first-order valence-corrected chi connectivity index (χ1v) is 6.15. The van der Waals surface area contributed by atoms with Gasteiger partial charge in [-0.25, -0.2) is 5.43 Å². The highest BCUT2D eigenvalue weighted by Gasteiger charge is 2.17. The van der Waals surface area contributed by atoms with E-state index in [0.29, 0.717) is 5.02 Å². The third-order valence-corrected chi connectivity index (χ3v) is 3.41. The minimum absolute atomic E-state index is 0.196. The van der Waals surface area contributed by atoms with E-state index in [1.54, 1.807) is 12.3 Å². The van der Waals surface area contributed by atoms with Gasteiger partial charge in [-0.1, -0.05) is 29.8 Å². The maximum absolute atomic E-state index is 6.16. The summed E-state index contributed by atoms with van der Waals surface area (Å²) in [6.07, 6.45) is 1.71. The highest BCUT2D eigenvalue weighted by molar-refractivity contribution is 6.31. The summed E-state index contributed by atoms with van der Waals surface area (Å²) in [6, 6.07) is 9.64. The quantitative estimate of drug-likeness (QED) is 0.660. The third-order valence-electron chi connectivity index (χ3n) is 3.09. The van der Waals surface area contributed by atoms with Gasteiger partial charge in [0.05, 0.1) is 16.8 Å². The fourth-order valence-electron chi connectivity index (χ4n) is 1.89. The van der Waals surface area contributed by atoms with E-state index in [2.05, 4.69) is 36.4 Å². The normalized spacial score (nSPS) is 12.4. The Hall–Kier alpha value is -1.42. The van der Waals surface area contributed by atoms with Crippen molar-refractivity contribution in [3.05, 3.63) is 63.9 Å². The predicted molar refractivity (Wildman–Crippen MR) is 74.3 cm³/mol. The fraction of sp³-hybridized carbons (Fsp3) is 0.214. The minimum atomic E-state index is -0.196. The smallest absolute Gasteiger partial charge is 0.0896 e. The Bertz CT molecular complexity index is 554. The predicted octanol–water partition coefficient (Wildman–Crippen LogP) is 2.90. The highest BCUT2D eigenvalue weighted by Crippen LogP contribution is 2.26. The van der Waals surface area contributed by atoms with Crippen LogP contribution in [0.4, 0.5) is 0 Å². The number of nitrogens with zero attached hydrogens (tertiary/aromatic N) is 1. The molecule has 1 aromatic carbocycles. The van der Waals surface area contributed by atoms with Crippen LogP contribution in [0.15, 0.2) is 36.5 Å². The molecule has 94 valence electrons. The average molecular weight is 262 g/mol. The molecule has 0 saturated heterocycles. The molecule has 0 fully saturated rings. The SMILES string of the molecule is Cc1ccc(C(NN)c2ncccc2Cl)cc1C. The lowest BCUT2D eigenvalue weighted by Gasteiger charge is -2.18. The van der Waals surface area contributed by atoms with Gasteiger partial charge in [0.1, 0.15) is 0 Å². The van der Waals surface area contributed by atoms with E-state index in [9.17, 15) is 0 Å². The van der Waals surface area contributed by atoms with Crippen molar-refractivity contribution in [1.29, 1.82) is 0 Å². The zero-order chi connectivity index (χ0) is 13.1. The number of pyridine rings is 1. The highest BCUT2D eigenvalue weighted by atomic mass is 35.5. The molecule has 2 aromatic rings. The minimum Gasteiger partial charge on any atom is -0.271 e. The molecule has 0 aliphatic rings.